The topological polar surface area (TPSA) is 82.7 Å². The number of nitrogens with zero attached hydrogens (tertiary/aromatic N) is 1. The molecule has 186 valence electrons. The fourth-order valence-corrected chi connectivity index (χ4v) is 4.52. The van der Waals surface area contributed by atoms with Gasteiger partial charge in [0.1, 0.15) is 0 Å². The molecular formula is C26H32N4O3S2. The van der Waals surface area contributed by atoms with Crippen LogP contribution < -0.4 is 16.0 Å². The fraction of sp³-hybridized carbons (Fsp3) is 0.346. The molecular weight excluding hydrogens is 480 g/mol. The molecule has 2 amide bonds. The molecule has 1 aliphatic heterocycles. The summed E-state index contributed by atoms with van der Waals surface area (Å²) >= 11 is 7.19. The molecule has 0 spiro atoms. The van der Waals surface area contributed by atoms with Crippen LogP contribution in [0.15, 0.2) is 64.7 Å². The van der Waals surface area contributed by atoms with Gasteiger partial charge < -0.3 is 25.6 Å². The number of ether oxygens (including phenoxy) is 1. The summed E-state index contributed by atoms with van der Waals surface area (Å²) in [5, 5.41) is 9.50. The van der Waals surface area contributed by atoms with E-state index >= 15 is 0 Å². The molecule has 7 nitrogen and oxygen atoms in total. The Labute approximate surface area is 216 Å². The van der Waals surface area contributed by atoms with E-state index in [1.807, 2.05) is 75.2 Å². The second-order valence-electron chi connectivity index (χ2n) is 8.55. The van der Waals surface area contributed by atoms with Crippen LogP contribution in [-0.2, 0) is 9.53 Å². The Balaban J connectivity index is 1.76. The number of thiocarbonyl (C=S) groups is 1. The maximum Gasteiger partial charge on any atom is 0.338 e. The zero-order valence-electron chi connectivity index (χ0n) is 20.7. The minimum absolute atomic E-state index is 0.234. The third-order valence-corrected chi connectivity index (χ3v) is 6.61. The predicted molar refractivity (Wildman–Crippen MR) is 147 cm³/mol. The van der Waals surface area contributed by atoms with Crippen molar-refractivity contribution in [3.8, 4) is 0 Å². The summed E-state index contributed by atoms with van der Waals surface area (Å²) in [7, 11) is 0. The third-order valence-electron chi connectivity index (χ3n) is 5.53. The second kappa shape index (κ2) is 12.1. The Bertz CT molecular complexity index is 1100. The molecule has 35 heavy (non-hydrogen) atoms. The lowest BCUT2D eigenvalue weighted by Gasteiger charge is -2.37. The second-order valence-corrected chi connectivity index (χ2v) is 9.81. The summed E-state index contributed by atoms with van der Waals surface area (Å²) < 4.78 is 5.57. The lowest BCUT2D eigenvalue weighted by molar-refractivity contribution is -0.140. The van der Waals surface area contributed by atoms with E-state index in [1.165, 1.54) is 0 Å². The van der Waals surface area contributed by atoms with Crippen molar-refractivity contribution in [3.05, 3.63) is 65.4 Å². The number of esters is 1. The van der Waals surface area contributed by atoms with Crippen molar-refractivity contribution in [1.82, 2.24) is 10.2 Å². The standard InChI is InChI=1S/C26H32N4O3S2/c1-6-30-17(4)22(24(31)33-15-16(2)3)23(29-26(30)34)18-7-9-19(10-8-18)27-25(32)28-20-11-13-21(35-5)14-12-20/h7-14,16,23H,6,15H2,1-5H3,(H,29,34)(H2,27,28,32). The molecule has 0 bridgehead atoms. The number of thioether (sulfide) groups is 1. The van der Waals surface area contributed by atoms with Gasteiger partial charge in [-0.3, -0.25) is 0 Å². The number of carbonyl (C=O) groups is 2. The van der Waals surface area contributed by atoms with E-state index in [4.69, 9.17) is 17.0 Å². The Morgan fingerprint density at radius 2 is 1.66 bits per heavy atom. The van der Waals surface area contributed by atoms with Gasteiger partial charge in [-0.1, -0.05) is 26.0 Å². The van der Waals surface area contributed by atoms with E-state index in [1.54, 1.807) is 23.9 Å². The zero-order valence-corrected chi connectivity index (χ0v) is 22.3. The van der Waals surface area contributed by atoms with E-state index in [-0.39, 0.29) is 17.9 Å². The first-order valence-electron chi connectivity index (χ1n) is 11.5. The number of benzene rings is 2. The molecule has 3 N–H and O–H groups in total. The highest BCUT2D eigenvalue weighted by Crippen LogP contribution is 2.32. The van der Waals surface area contributed by atoms with Gasteiger partial charge in [0.2, 0.25) is 0 Å². The van der Waals surface area contributed by atoms with Crippen LogP contribution in [0.25, 0.3) is 0 Å². The molecule has 2 aromatic carbocycles. The Morgan fingerprint density at radius 3 is 2.17 bits per heavy atom. The maximum atomic E-state index is 13.0. The summed E-state index contributed by atoms with van der Waals surface area (Å²) in [5.41, 5.74) is 3.50. The number of nitrogens with one attached hydrogen (secondary N) is 3. The van der Waals surface area contributed by atoms with Gasteiger partial charge in [0.05, 0.1) is 18.2 Å². The maximum absolute atomic E-state index is 13.0. The SMILES string of the molecule is CCN1C(=S)NC(c2ccc(NC(=O)Nc3ccc(SC)cc3)cc2)C(C(=O)OCC(C)C)=C1C. The van der Waals surface area contributed by atoms with Gasteiger partial charge in [-0.25, -0.2) is 9.59 Å². The molecule has 1 atom stereocenters. The van der Waals surface area contributed by atoms with Crippen LogP contribution in [0.3, 0.4) is 0 Å². The van der Waals surface area contributed by atoms with Crippen molar-refractivity contribution in [2.24, 2.45) is 5.92 Å². The minimum atomic E-state index is -0.442. The number of rotatable bonds is 8. The highest BCUT2D eigenvalue weighted by atomic mass is 32.2. The molecule has 1 unspecified atom stereocenters. The van der Waals surface area contributed by atoms with Gasteiger partial charge in [-0.2, -0.15) is 0 Å². The average Bonchev–Trinajstić information content (AvgIpc) is 2.83. The Kier molecular flexibility index (Phi) is 9.17. The minimum Gasteiger partial charge on any atom is -0.462 e. The number of hydrogen-bond acceptors (Lipinski definition) is 5. The monoisotopic (exact) mass is 512 g/mol. The van der Waals surface area contributed by atoms with Crippen LogP contribution in [0.2, 0.25) is 0 Å². The molecule has 0 aromatic heterocycles. The summed E-state index contributed by atoms with van der Waals surface area (Å²) in [5.74, 6) is -0.123. The Hall–Kier alpha value is -3.04. The van der Waals surface area contributed by atoms with Gasteiger partial charge in [-0.05, 0) is 80.2 Å². The summed E-state index contributed by atoms with van der Waals surface area (Å²) in [6.45, 7) is 8.86. The molecule has 0 fully saturated rings. The molecule has 1 aliphatic rings. The number of amides is 2. The van der Waals surface area contributed by atoms with E-state index < -0.39 is 6.04 Å². The van der Waals surface area contributed by atoms with Crippen LogP contribution in [0, 0.1) is 5.92 Å². The highest BCUT2D eigenvalue weighted by molar-refractivity contribution is 7.98. The predicted octanol–water partition coefficient (Wildman–Crippen LogP) is 5.78. The molecule has 0 aliphatic carbocycles. The van der Waals surface area contributed by atoms with Gasteiger partial charge in [-0.15, -0.1) is 11.8 Å². The van der Waals surface area contributed by atoms with Crippen LogP contribution in [0.1, 0.15) is 39.3 Å². The number of anilines is 2. The van der Waals surface area contributed by atoms with Crippen molar-refractivity contribution in [2.75, 3.05) is 30.0 Å². The van der Waals surface area contributed by atoms with E-state index in [0.717, 1.165) is 16.2 Å². The van der Waals surface area contributed by atoms with Crippen LogP contribution in [0.5, 0.6) is 0 Å². The van der Waals surface area contributed by atoms with Gasteiger partial charge in [0, 0.05) is 28.5 Å². The quantitative estimate of drug-likeness (QED) is 0.235. The summed E-state index contributed by atoms with van der Waals surface area (Å²) in [6, 6.07) is 14.2. The van der Waals surface area contributed by atoms with Gasteiger partial charge in [0.15, 0.2) is 5.11 Å². The first-order valence-corrected chi connectivity index (χ1v) is 13.1. The van der Waals surface area contributed by atoms with Gasteiger partial charge >= 0.3 is 12.0 Å². The molecule has 9 heteroatoms. The number of hydrogen-bond donors (Lipinski definition) is 3. The first kappa shape index (κ1) is 26.6. The van der Waals surface area contributed by atoms with Crippen molar-refractivity contribution in [3.63, 3.8) is 0 Å². The Morgan fingerprint density at radius 1 is 1.09 bits per heavy atom. The summed E-state index contributed by atoms with van der Waals surface area (Å²) in [6.07, 6.45) is 2.00. The van der Waals surface area contributed by atoms with Crippen molar-refractivity contribution >= 4 is 52.5 Å². The lowest BCUT2D eigenvalue weighted by atomic mass is 9.95. The van der Waals surface area contributed by atoms with Crippen LogP contribution >= 0.6 is 24.0 Å². The number of allylic oxidation sites excluding steroid dienone is 1. The van der Waals surface area contributed by atoms with E-state index in [9.17, 15) is 9.59 Å². The molecule has 1 heterocycles. The third kappa shape index (κ3) is 6.76. The number of urea groups is 1. The van der Waals surface area contributed by atoms with Gasteiger partial charge in [0.25, 0.3) is 0 Å². The summed E-state index contributed by atoms with van der Waals surface area (Å²) in [4.78, 5) is 28.5. The zero-order chi connectivity index (χ0) is 25.5. The average molecular weight is 513 g/mol. The molecule has 0 radical (unpaired) electrons. The lowest BCUT2D eigenvalue weighted by Crippen LogP contribution is -2.47. The fourth-order valence-electron chi connectivity index (χ4n) is 3.72. The molecule has 0 saturated carbocycles. The largest absolute Gasteiger partial charge is 0.462 e. The number of carbonyl (C=O) groups excluding carboxylic acids is 2. The van der Waals surface area contributed by atoms with Crippen LogP contribution in [0.4, 0.5) is 16.2 Å². The van der Waals surface area contributed by atoms with E-state index in [2.05, 4.69) is 16.0 Å². The highest BCUT2D eigenvalue weighted by Gasteiger charge is 2.34. The molecule has 2 aromatic rings. The van der Waals surface area contributed by atoms with Crippen molar-refractivity contribution < 1.29 is 14.3 Å². The first-order chi connectivity index (χ1) is 16.7. The van der Waals surface area contributed by atoms with Crippen molar-refractivity contribution in [1.29, 1.82) is 0 Å². The van der Waals surface area contributed by atoms with E-state index in [0.29, 0.717) is 35.2 Å². The smallest absolute Gasteiger partial charge is 0.338 e. The normalized spacial score (nSPS) is 15.7. The molecule has 3 rings (SSSR count). The molecule has 0 saturated heterocycles. The van der Waals surface area contributed by atoms with Crippen LogP contribution in [-0.4, -0.2) is 41.4 Å². The van der Waals surface area contributed by atoms with Crippen molar-refractivity contribution in [2.45, 2.75) is 38.6 Å².